The molecule has 1 rings (SSSR count). The van der Waals surface area contributed by atoms with Gasteiger partial charge in [0.1, 0.15) is 31.0 Å². The van der Waals surface area contributed by atoms with E-state index in [-0.39, 0.29) is 6.54 Å². The van der Waals surface area contributed by atoms with Crippen LogP contribution in [-0.4, -0.2) is 108 Å². The van der Waals surface area contributed by atoms with Gasteiger partial charge in [0.05, 0.1) is 33.8 Å². The summed E-state index contributed by atoms with van der Waals surface area (Å²) in [6.07, 6.45) is -5.62. The molecule has 0 aromatic rings. The van der Waals surface area contributed by atoms with Crippen molar-refractivity contribution in [2.45, 2.75) is 36.7 Å². The highest BCUT2D eigenvalue weighted by Crippen LogP contribution is 2.19. The Balaban J connectivity index is 2.50. The fourth-order valence-electron chi connectivity index (χ4n) is 2.29. The first kappa shape index (κ1) is 17.7. The van der Waals surface area contributed by atoms with Crippen molar-refractivity contribution in [1.82, 2.24) is 5.32 Å². The molecule has 6 N–H and O–H groups in total. The summed E-state index contributed by atoms with van der Waals surface area (Å²) < 4.78 is 5.59. The first-order valence-corrected chi connectivity index (χ1v) is 6.68. The van der Waals surface area contributed by atoms with Gasteiger partial charge >= 0.3 is 0 Å². The monoisotopic (exact) mass is 295 g/mol. The third-order valence-electron chi connectivity index (χ3n) is 3.25. The lowest BCUT2D eigenvalue weighted by atomic mass is 9.97. The van der Waals surface area contributed by atoms with Crippen LogP contribution >= 0.6 is 0 Å². The molecule has 6 atom stereocenters. The van der Waals surface area contributed by atoms with Crippen molar-refractivity contribution in [2.24, 2.45) is 0 Å². The topological polar surface area (TPSA) is 122 Å². The SMILES string of the molecule is C[N+](C)(C)CC(O)CN[C@@H]1[C@@H](O)[C@H](O)[C@@H](CO)O[C@H]1O. The fourth-order valence-corrected chi connectivity index (χ4v) is 2.29. The van der Waals surface area contributed by atoms with Crippen molar-refractivity contribution in [3.8, 4) is 0 Å². The summed E-state index contributed by atoms with van der Waals surface area (Å²) in [5.41, 5.74) is 0. The normalized spacial score (nSPS) is 36.9. The van der Waals surface area contributed by atoms with Crippen LogP contribution in [0, 0.1) is 0 Å². The van der Waals surface area contributed by atoms with Gasteiger partial charge in [-0.25, -0.2) is 0 Å². The Labute approximate surface area is 118 Å². The summed E-state index contributed by atoms with van der Waals surface area (Å²) in [7, 11) is 5.81. The van der Waals surface area contributed by atoms with Crippen LogP contribution in [0.5, 0.6) is 0 Å². The second-order valence-electron chi connectivity index (χ2n) is 6.29. The lowest BCUT2D eigenvalue weighted by molar-refractivity contribution is -0.873. The van der Waals surface area contributed by atoms with E-state index >= 15 is 0 Å². The molecule has 20 heavy (non-hydrogen) atoms. The number of ether oxygens (including phenoxy) is 1. The molecule has 0 spiro atoms. The third-order valence-corrected chi connectivity index (χ3v) is 3.25. The molecule has 120 valence electrons. The minimum absolute atomic E-state index is 0.147. The molecule has 0 radical (unpaired) electrons. The molecule has 0 amide bonds. The molecule has 1 unspecified atom stereocenters. The van der Waals surface area contributed by atoms with Crippen molar-refractivity contribution in [3.63, 3.8) is 0 Å². The molecule has 0 aromatic carbocycles. The van der Waals surface area contributed by atoms with E-state index in [0.29, 0.717) is 11.0 Å². The van der Waals surface area contributed by atoms with Crippen molar-refractivity contribution in [1.29, 1.82) is 0 Å². The maximum absolute atomic E-state index is 9.91. The van der Waals surface area contributed by atoms with E-state index in [1.807, 2.05) is 21.1 Å². The lowest BCUT2D eigenvalue weighted by Gasteiger charge is -2.40. The number of hydrogen-bond acceptors (Lipinski definition) is 7. The van der Waals surface area contributed by atoms with Crippen molar-refractivity contribution >= 4 is 0 Å². The van der Waals surface area contributed by atoms with E-state index in [2.05, 4.69) is 5.32 Å². The molecule has 1 saturated heterocycles. The van der Waals surface area contributed by atoms with E-state index in [1.165, 1.54) is 0 Å². The standard InChI is InChI=1S/C12H27N2O6/c1-14(2,3)5-7(16)4-13-9-11(18)10(17)8(6-15)20-12(9)19/h7-13,15-19H,4-6H2,1-3H3/q+1/t7?,8-,9-,10-,11-,12-/m1/s1. The van der Waals surface area contributed by atoms with Crippen LogP contribution in [0.1, 0.15) is 0 Å². The first-order chi connectivity index (χ1) is 9.15. The summed E-state index contributed by atoms with van der Waals surface area (Å²) in [4.78, 5) is 0. The largest absolute Gasteiger partial charge is 0.394 e. The van der Waals surface area contributed by atoms with Crippen molar-refractivity contribution < 1.29 is 34.8 Å². The predicted octanol–water partition coefficient (Wildman–Crippen LogP) is -3.56. The summed E-state index contributed by atoms with van der Waals surface area (Å²) in [6.45, 7) is 0.148. The highest BCUT2D eigenvalue weighted by molar-refractivity contribution is 4.92. The van der Waals surface area contributed by atoms with Gasteiger partial charge in [-0.05, 0) is 0 Å². The van der Waals surface area contributed by atoms with Gasteiger partial charge in [0, 0.05) is 6.54 Å². The Morgan fingerprint density at radius 2 is 1.75 bits per heavy atom. The van der Waals surface area contributed by atoms with Gasteiger partial charge in [0.2, 0.25) is 0 Å². The molecule has 1 aliphatic heterocycles. The summed E-state index contributed by atoms with van der Waals surface area (Å²) in [6, 6.07) is -0.921. The molecule has 0 bridgehead atoms. The zero-order chi connectivity index (χ0) is 15.5. The zero-order valence-corrected chi connectivity index (χ0v) is 12.2. The van der Waals surface area contributed by atoms with Crippen LogP contribution in [0.3, 0.4) is 0 Å². The van der Waals surface area contributed by atoms with Crippen LogP contribution < -0.4 is 5.32 Å². The Morgan fingerprint density at radius 1 is 1.15 bits per heavy atom. The van der Waals surface area contributed by atoms with Crippen molar-refractivity contribution in [3.05, 3.63) is 0 Å². The average Bonchev–Trinajstić information content (AvgIpc) is 2.31. The average molecular weight is 295 g/mol. The van der Waals surface area contributed by atoms with Gasteiger partial charge in [0.25, 0.3) is 0 Å². The van der Waals surface area contributed by atoms with Crippen LogP contribution in [0.25, 0.3) is 0 Å². The van der Waals surface area contributed by atoms with E-state index in [4.69, 9.17) is 9.84 Å². The minimum atomic E-state index is -1.36. The van der Waals surface area contributed by atoms with Gasteiger partial charge in [-0.1, -0.05) is 0 Å². The second kappa shape index (κ2) is 7.10. The number of aliphatic hydroxyl groups is 5. The Morgan fingerprint density at radius 3 is 2.25 bits per heavy atom. The molecule has 8 nitrogen and oxygen atoms in total. The fraction of sp³-hybridized carbons (Fsp3) is 1.00. The second-order valence-corrected chi connectivity index (χ2v) is 6.29. The number of likely N-dealkylation sites (N-methyl/N-ethyl adjacent to an activating group) is 1. The van der Waals surface area contributed by atoms with Crippen molar-refractivity contribution in [2.75, 3.05) is 40.8 Å². The molecule has 1 heterocycles. The van der Waals surface area contributed by atoms with Crippen LogP contribution in [0.4, 0.5) is 0 Å². The lowest BCUT2D eigenvalue weighted by Crippen LogP contribution is -2.64. The van der Waals surface area contributed by atoms with Gasteiger partial charge in [-0.2, -0.15) is 0 Å². The number of nitrogens with one attached hydrogen (secondary N) is 1. The Kier molecular flexibility index (Phi) is 6.29. The quantitative estimate of drug-likeness (QED) is 0.280. The highest BCUT2D eigenvalue weighted by atomic mass is 16.6. The van der Waals surface area contributed by atoms with Gasteiger partial charge in [-0.3, -0.25) is 0 Å². The number of nitrogens with zero attached hydrogens (tertiary/aromatic N) is 1. The number of aliphatic hydroxyl groups excluding tert-OH is 5. The summed E-state index contributed by atoms with van der Waals surface area (Å²) in [5, 5.41) is 51.0. The Hall–Kier alpha value is -0.320. The number of hydrogen-bond donors (Lipinski definition) is 6. The Bertz CT molecular complexity index is 298. The molecule has 8 heteroatoms. The molecule has 1 aliphatic rings. The van der Waals surface area contributed by atoms with Crippen LogP contribution in [-0.2, 0) is 4.74 Å². The molecular weight excluding hydrogens is 268 g/mol. The maximum atomic E-state index is 9.91. The summed E-state index contributed by atoms with van der Waals surface area (Å²) in [5.74, 6) is 0. The van der Waals surface area contributed by atoms with Crippen LogP contribution in [0.2, 0.25) is 0 Å². The first-order valence-electron chi connectivity index (χ1n) is 6.68. The van der Waals surface area contributed by atoms with Crippen LogP contribution in [0.15, 0.2) is 0 Å². The number of quaternary nitrogens is 1. The van der Waals surface area contributed by atoms with E-state index < -0.39 is 43.4 Å². The smallest absolute Gasteiger partial charge is 0.173 e. The van der Waals surface area contributed by atoms with E-state index in [0.717, 1.165) is 0 Å². The molecular formula is C12H27N2O6+. The number of rotatable bonds is 6. The molecule has 0 aliphatic carbocycles. The van der Waals surface area contributed by atoms with E-state index in [9.17, 15) is 20.4 Å². The predicted molar refractivity (Wildman–Crippen MR) is 70.7 cm³/mol. The minimum Gasteiger partial charge on any atom is -0.394 e. The molecule has 0 saturated carbocycles. The molecule has 0 aromatic heterocycles. The zero-order valence-electron chi connectivity index (χ0n) is 12.2. The third kappa shape index (κ3) is 4.90. The van der Waals surface area contributed by atoms with Gasteiger partial charge in [0.15, 0.2) is 6.29 Å². The molecule has 1 fully saturated rings. The van der Waals surface area contributed by atoms with Gasteiger partial charge in [-0.15, -0.1) is 0 Å². The summed E-state index contributed by atoms with van der Waals surface area (Å²) >= 11 is 0. The highest BCUT2D eigenvalue weighted by Gasteiger charge is 2.43. The van der Waals surface area contributed by atoms with Gasteiger partial charge < -0.3 is 40.1 Å². The van der Waals surface area contributed by atoms with E-state index in [1.54, 1.807) is 0 Å². The maximum Gasteiger partial charge on any atom is 0.173 e.